The highest BCUT2D eigenvalue weighted by Crippen LogP contribution is 2.31. The van der Waals surface area contributed by atoms with Crippen LogP contribution in [0.3, 0.4) is 0 Å². The van der Waals surface area contributed by atoms with Crippen molar-refractivity contribution in [3.8, 4) is 11.5 Å². The van der Waals surface area contributed by atoms with Gasteiger partial charge in [-0.2, -0.15) is 0 Å². The number of anilines is 1. The van der Waals surface area contributed by atoms with E-state index in [9.17, 15) is 4.79 Å². The number of quaternary nitrogens is 1. The van der Waals surface area contributed by atoms with Crippen LogP contribution in [0.2, 0.25) is 0 Å². The molecule has 1 amide bonds. The Hall–Kier alpha value is -2.05. The Bertz CT molecular complexity index is 779. The largest absolute Gasteiger partial charge is 0.493 e. The zero-order chi connectivity index (χ0) is 17.8. The Balaban J connectivity index is 1.66. The number of para-hydroxylation sites is 1. The lowest BCUT2D eigenvalue weighted by Crippen LogP contribution is -3.12. The molecule has 2 aromatic rings. The first-order chi connectivity index (χ1) is 12.1. The van der Waals surface area contributed by atoms with Gasteiger partial charge >= 0.3 is 0 Å². The summed E-state index contributed by atoms with van der Waals surface area (Å²) in [6, 6.07) is 11.7. The van der Waals surface area contributed by atoms with Crippen molar-refractivity contribution >= 4 is 27.5 Å². The zero-order valence-electron chi connectivity index (χ0n) is 14.4. The Morgan fingerprint density at radius 3 is 2.52 bits per heavy atom. The van der Waals surface area contributed by atoms with Crippen LogP contribution in [-0.4, -0.2) is 33.2 Å². The van der Waals surface area contributed by atoms with Gasteiger partial charge in [-0.3, -0.25) is 4.79 Å². The molecule has 1 aliphatic rings. The molecular formula is C19H22BrN2O3+. The van der Waals surface area contributed by atoms with Gasteiger partial charge in [0.15, 0.2) is 18.0 Å². The van der Waals surface area contributed by atoms with Crippen LogP contribution in [0.1, 0.15) is 11.1 Å². The lowest BCUT2D eigenvalue weighted by Gasteiger charge is -2.26. The first-order valence-corrected chi connectivity index (χ1v) is 9.01. The average molecular weight is 406 g/mol. The molecule has 25 heavy (non-hydrogen) atoms. The fourth-order valence-corrected chi connectivity index (χ4v) is 3.55. The predicted octanol–water partition coefficient (Wildman–Crippen LogP) is 2.05. The Labute approximate surface area is 156 Å². The fraction of sp³-hybridized carbons (Fsp3) is 0.316. The Kier molecular flexibility index (Phi) is 5.60. The van der Waals surface area contributed by atoms with Gasteiger partial charge in [0, 0.05) is 16.5 Å². The van der Waals surface area contributed by atoms with E-state index in [1.54, 1.807) is 14.2 Å². The standard InChI is InChI=1S/C19H21BrN2O3/c1-24-17-9-13-7-8-22(11-14(13)10-18(17)25-2)12-19(23)21-16-6-4-3-5-15(16)20/h3-6,9-10H,7-8,11-12H2,1-2H3,(H,21,23)/p+1. The number of carbonyl (C=O) groups is 1. The molecular weight excluding hydrogens is 384 g/mol. The lowest BCUT2D eigenvalue weighted by molar-refractivity contribution is -0.907. The summed E-state index contributed by atoms with van der Waals surface area (Å²) in [6.07, 6.45) is 0.924. The van der Waals surface area contributed by atoms with E-state index >= 15 is 0 Å². The van der Waals surface area contributed by atoms with Crippen LogP contribution in [0, 0.1) is 0 Å². The minimum Gasteiger partial charge on any atom is -0.493 e. The maximum Gasteiger partial charge on any atom is 0.279 e. The number of hydrogen-bond donors (Lipinski definition) is 2. The number of rotatable bonds is 5. The van der Waals surface area contributed by atoms with Gasteiger partial charge in [0.1, 0.15) is 6.54 Å². The van der Waals surface area contributed by atoms with Crippen LogP contribution in [-0.2, 0) is 17.8 Å². The van der Waals surface area contributed by atoms with Crippen molar-refractivity contribution in [2.45, 2.75) is 13.0 Å². The number of carbonyl (C=O) groups excluding carboxylic acids is 1. The first kappa shape index (κ1) is 17.8. The van der Waals surface area contributed by atoms with Gasteiger partial charge < -0.3 is 19.7 Å². The molecule has 0 saturated carbocycles. The van der Waals surface area contributed by atoms with Gasteiger partial charge in [-0.15, -0.1) is 0 Å². The van der Waals surface area contributed by atoms with Gasteiger partial charge in [0.05, 0.1) is 26.5 Å². The van der Waals surface area contributed by atoms with Crippen molar-refractivity contribution in [3.63, 3.8) is 0 Å². The molecule has 0 radical (unpaired) electrons. The molecule has 0 bridgehead atoms. The van der Waals surface area contributed by atoms with E-state index in [0.29, 0.717) is 6.54 Å². The van der Waals surface area contributed by atoms with Crippen molar-refractivity contribution in [1.82, 2.24) is 0 Å². The second-order valence-corrected chi connectivity index (χ2v) is 6.96. The fourth-order valence-electron chi connectivity index (χ4n) is 3.16. The van der Waals surface area contributed by atoms with Crippen LogP contribution >= 0.6 is 15.9 Å². The highest BCUT2D eigenvalue weighted by Gasteiger charge is 2.24. The molecule has 5 nitrogen and oxygen atoms in total. The maximum atomic E-state index is 12.4. The molecule has 2 N–H and O–H groups in total. The third kappa shape index (κ3) is 4.14. The van der Waals surface area contributed by atoms with E-state index in [1.807, 2.05) is 36.4 Å². The van der Waals surface area contributed by atoms with Gasteiger partial charge in [-0.25, -0.2) is 0 Å². The number of ether oxygens (including phenoxy) is 2. The van der Waals surface area contributed by atoms with Crippen LogP contribution in [0.25, 0.3) is 0 Å². The molecule has 1 heterocycles. The molecule has 1 atom stereocenters. The predicted molar refractivity (Wildman–Crippen MR) is 100 cm³/mol. The van der Waals surface area contributed by atoms with E-state index in [-0.39, 0.29) is 5.91 Å². The summed E-state index contributed by atoms with van der Waals surface area (Å²) in [6.45, 7) is 2.17. The van der Waals surface area contributed by atoms with Crippen LogP contribution in [0.4, 0.5) is 5.69 Å². The number of benzene rings is 2. The summed E-state index contributed by atoms with van der Waals surface area (Å²) < 4.78 is 11.7. The SMILES string of the molecule is COc1cc2c(cc1OC)C[NH+](CC(=O)Nc1ccccc1Br)CC2. The van der Waals surface area contributed by atoms with Crippen molar-refractivity contribution < 1.29 is 19.2 Å². The topological polar surface area (TPSA) is 52.0 Å². The van der Waals surface area contributed by atoms with E-state index in [4.69, 9.17) is 9.47 Å². The highest BCUT2D eigenvalue weighted by atomic mass is 79.9. The van der Waals surface area contributed by atoms with Crippen LogP contribution in [0.15, 0.2) is 40.9 Å². The summed E-state index contributed by atoms with van der Waals surface area (Å²) in [4.78, 5) is 13.6. The summed E-state index contributed by atoms with van der Waals surface area (Å²) in [5, 5.41) is 2.97. The monoisotopic (exact) mass is 405 g/mol. The molecule has 3 rings (SSSR count). The smallest absolute Gasteiger partial charge is 0.279 e. The van der Waals surface area contributed by atoms with Crippen molar-refractivity contribution in [2.24, 2.45) is 0 Å². The molecule has 1 unspecified atom stereocenters. The lowest BCUT2D eigenvalue weighted by atomic mass is 9.99. The molecule has 1 aliphatic heterocycles. The summed E-state index contributed by atoms with van der Waals surface area (Å²) in [5.41, 5.74) is 3.29. The Morgan fingerprint density at radius 1 is 1.16 bits per heavy atom. The number of hydrogen-bond acceptors (Lipinski definition) is 3. The molecule has 0 saturated heterocycles. The third-order valence-electron chi connectivity index (χ3n) is 4.45. The van der Waals surface area contributed by atoms with Crippen molar-refractivity contribution in [1.29, 1.82) is 0 Å². The highest BCUT2D eigenvalue weighted by molar-refractivity contribution is 9.10. The first-order valence-electron chi connectivity index (χ1n) is 8.22. The van der Waals surface area contributed by atoms with Crippen molar-refractivity contribution in [3.05, 3.63) is 52.0 Å². The molecule has 0 spiro atoms. The quantitative estimate of drug-likeness (QED) is 0.800. The number of nitrogens with one attached hydrogen (secondary N) is 2. The van der Waals surface area contributed by atoms with Gasteiger partial charge in [-0.1, -0.05) is 12.1 Å². The van der Waals surface area contributed by atoms with E-state index in [1.165, 1.54) is 16.0 Å². The minimum atomic E-state index is 0.0193. The minimum absolute atomic E-state index is 0.0193. The number of halogens is 1. The second-order valence-electron chi connectivity index (χ2n) is 6.11. The van der Waals surface area contributed by atoms with Crippen LogP contribution in [0.5, 0.6) is 11.5 Å². The summed E-state index contributed by atoms with van der Waals surface area (Å²) in [5.74, 6) is 1.52. The van der Waals surface area contributed by atoms with Gasteiger partial charge in [-0.05, 0) is 45.8 Å². The molecule has 6 heteroatoms. The van der Waals surface area contributed by atoms with Gasteiger partial charge in [0.25, 0.3) is 5.91 Å². The normalized spacial score (nSPS) is 16.0. The average Bonchev–Trinajstić information content (AvgIpc) is 2.62. The molecule has 0 aliphatic carbocycles. The van der Waals surface area contributed by atoms with Crippen molar-refractivity contribution in [2.75, 3.05) is 32.6 Å². The Morgan fingerprint density at radius 2 is 1.84 bits per heavy atom. The second kappa shape index (κ2) is 7.89. The number of fused-ring (bicyclic) bond motifs is 1. The van der Waals surface area contributed by atoms with Gasteiger partial charge in [0.2, 0.25) is 0 Å². The van der Waals surface area contributed by atoms with Crippen LogP contribution < -0.4 is 19.7 Å². The molecule has 0 aromatic heterocycles. The summed E-state index contributed by atoms with van der Waals surface area (Å²) in [7, 11) is 3.29. The number of amides is 1. The number of methoxy groups -OCH3 is 2. The molecule has 132 valence electrons. The van der Waals surface area contributed by atoms with E-state index in [0.717, 1.165) is 41.2 Å². The maximum absolute atomic E-state index is 12.4. The van der Waals surface area contributed by atoms with E-state index in [2.05, 4.69) is 21.2 Å². The zero-order valence-corrected chi connectivity index (χ0v) is 16.0. The van der Waals surface area contributed by atoms with E-state index < -0.39 is 0 Å². The molecule has 0 fully saturated rings. The summed E-state index contributed by atoms with van der Waals surface area (Å²) >= 11 is 3.45. The third-order valence-corrected chi connectivity index (χ3v) is 5.14. The molecule has 2 aromatic carbocycles.